The highest BCUT2D eigenvalue weighted by molar-refractivity contribution is 5.80. The van der Waals surface area contributed by atoms with Gasteiger partial charge in [-0.15, -0.1) is 0 Å². The van der Waals surface area contributed by atoms with Gasteiger partial charge in [0.15, 0.2) is 5.65 Å². The molecule has 4 rings (SSSR count). The van der Waals surface area contributed by atoms with Gasteiger partial charge in [-0.25, -0.2) is 14.8 Å². The van der Waals surface area contributed by atoms with Crippen LogP contribution in [0.4, 0.5) is 0 Å². The Bertz CT molecular complexity index is 1500. The lowest BCUT2D eigenvalue weighted by Crippen LogP contribution is -2.22. The zero-order chi connectivity index (χ0) is 29.0. The molecule has 4 aromatic rings. The van der Waals surface area contributed by atoms with Crippen molar-refractivity contribution in [1.82, 2.24) is 14.5 Å². The zero-order valence-electron chi connectivity index (χ0n) is 25.1. The summed E-state index contributed by atoms with van der Waals surface area (Å²) in [6, 6.07) is 11.7. The van der Waals surface area contributed by atoms with Crippen LogP contribution in [0.15, 0.2) is 36.4 Å². The van der Waals surface area contributed by atoms with Gasteiger partial charge in [0, 0.05) is 23.4 Å². The molecule has 0 aliphatic rings. The third-order valence-corrected chi connectivity index (χ3v) is 7.57. The highest BCUT2D eigenvalue weighted by atomic mass is 16.6. The van der Waals surface area contributed by atoms with E-state index in [0.717, 1.165) is 82.9 Å². The highest BCUT2D eigenvalue weighted by Crippen LogP contribution is 2.37. The molecule has 0 aliphatic heterocycles. The second kappa shape index (κ2) is 12.5. The molecule has 0 bridgehead atoms. The summed E-state index contributed by atoms with van der Waals surface area (Å²) in [4.78, 5) is 23.1. The third kappa shape index (κ3) is 5.42. The number of benzene rings is 2. The van der Waals surface area contributed by atoms with Crippen molar-refractivity contribution in [3.05, 3.63) is 75.7 Å². The van der Waals surface area contributed by atoms with Gasteiger partial charge in [0.05, 0.1) is 14.2 Å². The largest absolute Gasteiger partial charge is 0.496 e. The SMILES string of the molecule is CCCc1cc(-n2c(CC)nc3c(C)c(C)c(C)nc32)cc(CCC)c1OC(C(=O)OC)c1ccccc1OC. The van der Waals surface area contributed by atoms with Crippen LogP contribution in [0.1, 0.15) is 79.1 Å². The third-order valence-electron chi connectivity index (χ3n) is 7.57. The maximum atomic E-state index is 13.1. The number of aromatic nitrogens is 3. The molecule has 2 heterocycles. The van der Waals surface area contributed by atoms with Crippen LogP contribution >= 0.6 is 0 Å². The minimum absolute atomic E-state index is 0.474. The number of esters is 1. The van der Waals surface area contributed by atoms with E-state index in [1.54, 1.807) is 7.11 Å². The average molecular weight is 544 g/mol. The number of hydrogen-bond acceptors (Lipinski definition) is 6. The predicted octanol–water partition coefficient (Wildman–Crippen LogP) is 7.11. The number of nitrogens with zero attached hydrogens (tertiary/aromatic N) is 3. The molecule has 1 unspecified atom stereocenters. The van der Waals surface area contributed by atoms with E-state index < -0.39 is 12.1 Å². The smallest absolute Gasteiger partial charge is 0.351 e. The Balaban J connectivity index is 1.95. The summed E-state index contributed by atoms with van der Waals surface area (Å²) < 4.78 is 19.6. The molecule has 0 N–H and O–H groups in total. The number of rotatable bonds is 11. The number of hydrogen-bond donors (Lipinski definition) is 0. The fourth-order valence-electron chi connectivity index (χ4n) is 5.28. The average Bonchev–Trinajstić information content (AvgIpc) is 3.33. The van der Waals surface area contributed by atoms with Crippen LogP contribution in [0, 0.1) is 20.8 Å². The molecule has 0 amide bonds. The molecule has 212 valence electrons. The van der Waals surface area contributed by atoms with Gasteiger partial charge in [-0.1, -0.05) is 51.8 Å². The van der Waals surface area contributed by atoms with Crippen molar-refractivity contribution < 1.29 is 19.0 Å². The fourth-order valence-corrected chi connectivity index (χ4v) is 5.28. The second-order valence-corrected chi connectivity index (χ2v) is 10.2. The van der Waals surface area contributed by atoms with Crippen molar-refractivity contribution in [2.75, 3.05) is 14.2 Å². The summed E-state index contributed by atoms with van der Waals surface area (Å²) in [7, 11) is 2.97. The summed E-state index contributed by atoms with van der Waals surface area (Å²) >= 11 is 0. The molecule has 2 aromatic heterocycles. The Hall–Kier alpha value is -3.87. The maximum absolute atomic E-state index is 13.1. The Labute approximate surface area is 237 Å². The van der Waals surface area contributed by atoms with E-state index in [-0.39, 0.29) is 0 Å². The number of pyridine rings is 1. The quantitative estimate of drug-likeness (QED) is 0.188. The molecule has 1 atom stereocenters. The second-order valence-electron chi connectivity index (χ2n) is 10.2. The van der Waals surface area contributed by atoms with Crippen LogP contribution in [-0.2, 0) is 28.8 Å². The van der Waals surface area contributed by atoms with Crippen LogP contribution in [-0.4, -0.2) is 34.7 Å². The van der Waals surface area contributed by atoms with Crippen molar-refractivity contribution in [3.8, 4) is 17.2 Å². The monoisotopic (exact) mass is 543 g/mol. The summed E-state index contributed by atoms with van der Waals surface area (Å²) in [5.74, 6) is 1.80. The Morgan fingerprint density at radius 3 is 2.15 bits per heavy atom. The number of methoxy groups -OCH3 is 2. The lowest BCUT2D eigenvalue weighted by atomic mass is 9.99. The number of imidazole rings is 1. The van der Waals surface area contributed by atoms with Gasteiger partial charge in [-0.05, 0) is 74.1 Å². The van der Waals surface area contributed by atoms with Crippen molar-refractivity contribution >= 4 is 17.1 Å². The van der Waals surface area contributed by atoms with E-state index in [4.69, 9.17) is 24.2 Å². The van der Waals surface area contributed by atoms with Crippen molar-refractivity contribution in [2.24, 2.45) is 0 Å². The predicted molar refractivity (Wildman–Crippen MR) is 159 cm³/mol. The van der Waals surface area contributed by atoms with Gasteiger partial charge in [-0.2, -0.15) is 0 Å². The molecular weight excluding hydrogens is 502 g/mol. The molecular formula is C33H41N3O4. The molecule has 0 saturated carbocycles. The molecule has 0 spiro atoms. The molecule has 0 aliphatic carbocycles. The van der Waals surface area contributed by atoms with Gasteiger partial charge in [0.1, 0.15) is 22.8 Å². The zero-order valence-corrected chi connectivity index (χ0v) is 25.1. The number of carbonyl (C=O) groups is 1. The first kappa shape index (κ1) is 29.1. The summed E-state index contributed by atoms with van der Waals surface area (Å²) in [5, 5.41) is 0. The van der Waals surface area contributed by atoms with E-state index in [2.05, 4.69) is 58.2 Å². The lowest BCUT2D eigenvalue weighted by Gasteiger charge is -2.24. The summed E-state index contributed by atoms with van der Waals surface area (Å²) in [5.41, 5.74) is 8.88. The first-order chi connectivity index (χ1) is 19.3. The van der Waals surface area contributed by atoms with Crippen LogP contribution < -0.4 is 9.47 Å². The molecule has 40 heavy (non-hydrogen) atoms. The topological polar surface area (TPSA) is 75.5 Å². The fraction of sp³-hybridized carbons (Fsp3) is 0.424. The van der Waals surface area contributed by atoms with Crippen molar-refractivity contribution in [3.63, 3.8) is 0 Å². The van der Waals surface area contributed by atoms with Crippen molar-refractivity contribution in [2.45, 2.75) is 79.8 Å². The van der Waals surface area contributed by atoms with Gasteiger partial charge in [0.25, 0.3) is 0 Å². The van der Waals surface area contributed by atoms with Gasteiger partial charge < -0.3 is 14.2 Å². The van der Waals surface area contributed by atoms with Crippen LogP contribution in [0.2, 0.25) is 0 Å². The Morgan fingerprint density at radius 2 is 1.57 bits per heavy atom. The van der Waals surface area contributed by atoms with E-state index in [9.17, 15) is 4.79 Å². The van der Waals surface area contributed by atoms with E-state index in [0.29, 0.717) is 11.3 Å². The lowest BCUT2D eigenvalue weighted by molar-refractivity contribution is -0.149. The molecule has 2 aromatic carbocycles. The molecule has 7 heteroatoms. The minimum atomic E-state index is -0.964. The van der Waals surface area contributed by atoms with Crippen LogP contribution in [0.3, 0.4) is 0 Å². The normalized spacial score (nSPS) is 12.0. The number of aryl methyl sites for hydroxylation is 5. The highest BCUT2D eigenvalue weighted by Gasteiger charge is 2.29. The van der Waals surface area contributed by atoms with E-state index >= 15 is 0 Å². The summed E-state index contributed by atoms with van der Waals surface area (Å²) in [6.45, 7) is 12.7. The minimum Gasteiger partial charge on any atom is -0.496 e. The van der Waals surface area contributed by atoms with Crippen molar-refractivity contribution in [1.29, 1.82) is 0 Å². The first-order valence-corrected chi connectivity index (χ1v) is 14.2. The molecule has 0 radical (unpaired) electrons. The van der Waals surface area contributed by atoms with E-state index in [1.165, 1.54) is 12.7 Å². The molecule has 0 saturated heterocycles. The number of carbonyl (C=O) groups excluding carboxylic acids is 1. The first-order valence-electron chi connectivity index (χ1n) is 14.2. The Kier molecular flexibility index (Phi) is 9.13. The molecule has 7 nitrogen and oxygen atoms in total. The van der Waals surface area contributed by atoms with Crippen LogP contribution in [0.5, 0.6) is 11.5 Å². The Morgan fingerprint density at radius 1 is 0.925 bits per heavy atom. The van der Waals surface area contributed by atoms with Gasteiger partial charge in [0.2, 0.25) is 6.10 Å². The number of para-hydroxylation sites is 1. The standard InChI is InChI=1S/C33H41N3O4/c1-9-14-23-18-25(36-28(11-3)35-29-21(5)20(4)22(6)34-32(29)36)19-24(15-10-2)30(23)40-31(33(37)39-8)26-16-12-13-17-27(26)38-7/h12-13,16-19,31H,9-11,14-15H2,1-8H3. The maximum Gasteiger partial charge on any atom is 0.351 e. The summed E-state index contributed by atoms with van der Waals surface area (Å²) in [6.07, 6.45) is 3.23. The van der Waals surface area contributed by atoms with E-state index in [1.807, 2.05) is 24.3 Å². The van der Waals surface area contributed by atoms with Gasteiger partial charge in [-0.3, -0.25) is 4.57 Å². The molecule has 0 fully saturated rings. The van der Waals surface area contributed by atoms with Crippen LogP contribution in [0.25, 0.3) is 16.9 Å². The number of fused-ring (bicyclic) bond motifs is 1. The van der Waals surface area contributed by atoms with Gasteiger partial charge >= 0.3 is 5.97 Å². The number of ether oxygens (including phenoxy) is 3.